The Kier molecular flexibility index (Phi) is 6.34. The highest BCUT2D eigenvalue weighted by atomic mass is 32.3. The predicted molar refractivity (Wildman–Crippen MR) is 165 cm³/mol. The molecule has 5 heterocycles. The third kappa shape index (κ3) is 4.46. The van der Waals surface area contributed by atoms with E-state index in [-0.39, 0.29) is 0 Å². The second kappa shape index (κ2) is 9.50. The summed E-state index contributed by atoms with van der Waals surface area (Å²) >= 11 is 14.5. The first kappa shape index (κ1) is 23.3. The molecule has 3 aromatic rings. The zero-order valence-electron chi connectivity index (χ0n) is 17.9. The summed E-state index contributed by atoms with van der Waals surface area (Å²) < 4.78 is 7.96. The molecule has 0 spiro atoms. The lowest BCUT2D eigenvalue weighted by Gasteiger charge is -2.15. The molecule has 4 aliphatic heterocycles. The van der Waals surface area contributed by atoms with Gasteiger partial charge in [0.05, 0.1) is 42.1 Å². The van der Waals surface area contributed by atoms with Crippen LogP contribution in [0.1, 0.15) is 5.56 Å². The summed E-state index contributed by atoms with van der Waals surface area (Å²) in [5.41, 5.74) is 4.10. The van der Waals surface area contributed by atoms with Crippen molar-refractivity contribution >= 4 is 116 Å². The SMILES string of the molecule is C=C1SC2=C(SC(=C3SC4=C(S3)Sc3nc5ccccc5nc3S4)S2)S/C1=N/c1ccccc1C. The van der Waals surface area contributed by atoms with E-state index in [1.807, 2.05) is 83.4 Å². The molecule has 11 heteroatoms. The average Bonchev–Trinajstić information content (AvgIpc) is 3.46. The molecule has 0 amide bonds. The Hall–Kier alpha value is -0.790. The third-order valence-electron chi connectivity index (χ3n) is 5.11. The monoisotopic (exact) mass is 599 g/mol. The lowest BCUT2D eigenvalue weighted by Crippen LogP contribution is -1.98. The molecule has 0 aliphatic carbocycles. The quantitative estimate of drug-likeness (QED) is 0.270. The van der Waals surface area contributed by atoms with Crippen molar-refractivity contribution in [2.45, 2.75) is 17.0 Å². The highest BCUT2D eigenvalue weighted by molar-refractivity contribution is 8.47. The van der Waals surface area contributed by atoms with E-state index in [0.717, 1.165) is 36.7 Å². The number of aliphatic imine (C=N–C) groups is 1. The van der Waals surface area contributed by atoms with Crippen LogP contribution in [0.5, 0.6) is 0 Å². The molecule has 0 saturated heterocycles. The molecular formula is C24H13N3S8. The maximum Gasteiger partial charge on any atom is 0.135 e. The van der Waals surface area contributed by atoms with Crippen molar-refractivity contribution in [1.82, 2.24) is 9.97 Å². The van der Waals surface area contributed by atoms with Crippen LogP contribution in [0.2, 0.25) is 0 Å². The fourth-order valence-electron chi connectivity index (χ4n) is 3.42. The minimum Gasteiger partial charge on any atom is -0.240 e. The number of thioether (sulfide) groups is 8. The largest absolute Gasteiger partial charge is 0.240 e. The van der Waals surface area contributed by atoms with Gasteiger partial charge in [0, 0.05) is 4.91 Å². The fourth-order valence-corrected chi connectivity index (χ4v) is 14.9. The van der Waals surface area contributed by atoms with Crippen LogP contribution in [0.3, 0.4) is 0 Å². The topological polar surface area (TPSA) is 38.1 Å². The summed E-state index contributed by atoms with van der Waals surface area (Å²) in [5, 5.41) is 3.02. The van der Waals surface area contributed by atoms with Crippen LogP contribution in [0, 0.1) is 6.92 Å². The maximum atomic E-state index is 4.93. The molecule has 0 unspecified atom stereocenters. The molecule has 0 N–H and O–H groups in total. The standard InChI is InChI=1S/C24H13N3S8/c1-11-7-3-4-8-13(11)25-16-12(2)28-19-20(29-16)33-23(32-19)24-34-21-22(35-24)31-18-17(30-21)26-14-9-5-6-10-15(14)27-18/h3-10H,2H2,1H3/b25-16+. The van der Waals surface area contributed by atoms with Gasteiger partial charge in [-0.15, -0.1) is 0 Å². The van der Waals surface area contributed by atoms with Crippen LogP contribution in [-0.4, -0.2) is 15.0 Å². The van der Waals surface area contributed by atoms with Gasteiger partial charge in [0.2, 0.25) is 0 Å². The van der Waals surface area contributed by atoms with Crippen molar-refractivity contribution in [2.75, 3.05) is 0 Å². The van der Waals surface area contributed by atoms with Crippen molar-refractivity contribution < 1.29 is 0 Å². The predicted octanol–water partition coefficient (Wildman–Crippen LogP) is 10.2. The van der Waals surface area contributed by atoms with Gasteiger partial charge >= 0.3 is 0 Å². The normalized spacial score (nSPS) is 20.7. The minimum absolute atomic E-state index is 0.953. The van der Waals surface area contributed by atoms with Crippen LogP contribution in [-0.2, 0) is 0 Å². The molecule has 0 atom stereocenters. The number of aryl methyl sites for hydroxylation is 1. The van der Waals surface area contributed by atoms with E-state index in [2.05, 4.69) is 25.6 Å². The highest BCUT2D eigenvalue weighted by Crippen LogP contribution is 2.70. The van der Waals surface area contributed by atoms with Gasteiger partial charge in [-0.05, 0) is 30.7 Å². The number of para-hydroxylation sites is 3. The van der Waals surface area contributed by atoms with Gasteiger partial charge in [0.25, 0.3) is 0 Å². The van der Waals surface area contributed by atoms with Crippen molar-refractivity contribution in [1.29, 1.82) is 0 Å². The molecule has 2 aromatic carbocycles. The molecular weight excluding hydrogens is 587 g/mol. The van der Waals surface area contributed by atoms with Crippen LogP contribution in [0.4, 0.5) is 5.69 Å². The number of hydrogen-bond donors (Lipinski definition) is 0. The molecule has 4 aliphatic rings. The van der Waals surface area contributed by atoms with E-state index in [9.17, 15) is 0 Å². The van der Waals surface area contributed by atoms with Gasteiger partial charge in [0.1, 0.15) is 15.1 Å². The van der Waals surface area contributed by atoms with E-state index in [1.54, 1.807) is 47.0 Å². The van der Waals surface area contributed by atoms with Crippen molar-refractivity contribution in [3.63, 3.8) is 0 Å². The van der Waals surface area contributed by atoms with Crippen molar-refractivity contribution in [3.8, 4) is 0 Å². The molecule has 0 radical (unpaired) electrons. The number of benzene rings is 2. The van der Waals surface area contributed by atoms with Crippen LogP contribution in [0.15, 0.2) is 100 Å². The molecule has 0 saturated carbocycles. The molecule has 35 heavy (non-hydrogen) atoms. The Morgan fingerprint density at radius 1 is 0.600 bits per heavy atom. The minimum atomic E-state index is 0.953. The van der Waals surface area contributed by atoms with Crippen LogP contribution >= 0.6 is 94.1 Å². The number of hydrogen-bond acceptors (Lipinski definition) is 11. The molecule has 7 rings (SSSR count). The average molecular weight is 600 g/mol. The second-order valence-corrected chi connectivity index (χ2v) is 17.2. The van der Waals surface area contributed by atoms with E-state index in [0.29, 0.717) is 0 Å². The van der Waals surface area contributed by atoms with Gasteiger partial charge in [-0.25, -0.2) is 15.0 Å². The lowest BCUT2D eigenvalue weighted by molar-refractivity contribution is 0.974. The van der Waals surface area contributed by atoms with Gasteiger partial charge in [0.15, 0.2) is 0 Å². The summed E-state index contributed by atoms with van der Waals surface area (Å²) in [6.07, 6.45) is 0. The molecule has 0 fully saturated rings. The zero-order valence-corrected chi connectivity index (χ0v) is 24.5. The summed E-state index contributed by atoms with van der Waals surface area (Å²) in [6.45, 7) is 6.41. The van der Waals surface area contributed by atoms with E-state index in [1.165, 1.54) is 31.0 Å². The van der Waals surface area contributed by atoms with Gasteiger partial charge in [-0.2, -0.15) is 0 Å². The molecule has 1 aromatic heterocycles. The molecule has 172 valence electrons. The lowest BCUT2D eigenvalue weighted by atomic mass is 10.2. The number of nitrogens with zero attached hydrogens (tertiary/aromatic N) is 3. The van der Waals surface area contributed by atoms with Gasteiger partial charge in [-0.1, -0.05) is 131 Å². The van der Waals surface area contributed by atoms with Crippen LogP contribution in [0.25, 0.3) is 11.0 Å². The summed E-state index contributed by atoms with van der Waals surface area (Å²) in [7, 11) is 0. The Bertz CT molecular complexity index is 1530. The van der Waals surface area contributed by atoms with Gasteiger partial charge < -0.3 is 0 Å². The van der Waals surface area contributed by atoms with Gasteiger partial charge in [-0.3, -0.25) is 0 Å². The Morgan fingerprint density at radius 3 is 1.69 bits per heavy atom. The maximum absolute atomic E-state index is 4.93. The van der Waals surface area contributed by atoms with Crippen LogP contribution < -0.4 is 0 Å². The zero-order chi connectivity index (χ0) is 23.5. The Balaban J connectivity index is 1.11. The Labute approximate surface area is 236 Å². The first-order chi connectivity index (χ1) is 17.1. The summed E-state index contributed by atoms with van der Waals surface area (Å²) in [5.74, 6) is 0. The first-order valence-corrected chi connectivity index (χ1v) is 16.9. The van der Waals surface area contributed by atoms with E-state index < -0.39 is 0 Å². The number of fused-ring (bicyclic) bond motifs is 2. The van der Waals surface area contributed by atoms with Crippen molar-refractivity contribution in [3.05, 3.63) is 91.0 Å². The smallest absolute Gasteiger partial charge is 0.135 e. The molecule has 3 nitrogen and oxygen atoms in total. The Morgan fingerprint density at radius 2 is 1.09 bits per heavy atom. The number of rotatable bonds is 1. The second-order valence-electron chi connectivity index (χ2n) is 7.49. The number of aromatic nitrogens is 2. The fraction of sp³-hybridized carbons (Fsp3) is 0.0417. The summed E-state index contributed by atoms with van der Waals surface area (Å²) in [4.78, 5) is 15.7. The highest BCUT2D eigenvalue weighted by Gasteiger charge is 2.36. The third-order valence-corrected chi connectivity index (χ3v) is 16.5. The molecule has 0 bridgehead atoms. The summed E-state index contributed by atoms with van der Waals surface area (Å²) in [6, 6.07) is 16.3. The van der Waals surface area contributed by atoms with Crippen molar-refractivity contribution in [2.24, 2.45) is 4.99 Å². The van der Waals surface area contributed by atoms with E-state index in [4.69, 9.17) is 15.0 Å². The van der Waals surface area contributed by atoms with E-state index >= 15 is 0 Å². The first-order valence-electron chi connectivity index (χ1n) is 10.4.